The minimum Gasteiger partial charge on any atom is -0.467 e. The molecule has 2 rings (SSSR count). The SMILES string of the molecule is COC(=O)C1COCCN1c1ccc(C(F)(F)F)cn1. The van der Waals surface area contributed by atoms with Gasteiger partial charge in [-0.1, -0.05) is 0 Å². The molecule has 1 fully saturated rings. The predicted octanol–water partition coefficient (Wildman–Crippen LogP) is 1.48. The van der Waals surface area contributed by atoms with Gasteiger partial charge in [-0.25, -0.2) is 9.78 Å². The second-order valence-electron chi connectivity index (χ2n) is 4.21. The van der Waals surface area contributed by atoms with E-state index >= 15 is 0 Å². The number of ether oxygens (including phenoxy) is 2. The van der Waals surface area contributed by atoms with Crippen LogP contribution in [-0.4, -0.2) is 43.9 Å². The molecule has 0 bridgehead atoms. The first-order valence-electron chi connectivity index (χ1n) is 5.89. The van der Waals surface area contributed by atoms with Gasteiger partial charge in [0.25, 0.3) is 0 Å². The fourth-order valence-corrected chi connectivity index (χ4v) is 1.93. The van der Waals surface area contributed by atoms with Crippen LogP contribution < -0.4 is 4.90 Å². The zero-order valence-corrected chi connectivity index (χ0v) is 10.7. The Bertz CT molecular complexity index is 476. The maximum Gasteiger partial charge on any atom is 0.417 e. The number of aromatic nitrogens is 1. The van der Waals surface area contributed by atoms with Crippen molar-refractivity contribution in [2.24, 2.45) is 0 Å². The molecule has 0 saturated carbocycles. The van der Waals surface area contributed by atoms with Crippen molar-refractivity contribution in [3.05, 3.63) is 23.9 Å². The molecular formula is C12H13F3N2O3. The van der Waals surface area contributed by atoms with E-state index in [2.05, 4.69) is 9.72 Å². The number of hydrogen-bond donors (Lipinski definition) is 0. The van der Waals surface area contributed by atoms with Crippen LogP contribution in [0.5, 0.6) is 0 Å². The number of carbonyl (C=O) groups is 1. The molecule has 2 heterocycles. The van der Waals surface area contributed by atoms with E-state index in [0.717, 1.165) is 12.3 Å². The second kappa shape index (κ2) is 5.66. The molecule has 110 valence electrons. The topological polar surface area (TPSA) is 51.7 Å². The Morgan fingerprint density at radius 3 is 2.80 bits per heavy atom. The fourth-order valence-electron chi connectivity index (χ4n) is 1.93. The smallest absolute Gasteiger partial charge is 0.417 e. The summed E-state index contributed by atoms with van der Waals surface area (Å²) >= 11 is 0. The van der Waals surface area contributed by atoms with Crippen molar-refractivity contribution in [3.63, 3.8) is 0 Å². The Kier molecular flexibility index (Phi) is 4.12. The summed E-state index contributed by atoms with van der Waals surface area (Å²) in [5, 5.41) is 0. The number of halogens is 3. The number of anilines is 1. The third kappa shape index (κ3) is 3.01. The van der Waals surface area contributed by atoms with E-state index in [-0.39, 0.29) is 12.4 Å². The molecule has 1 aromatic heterocycles. The Hall–Kier alpha value is -1.83. The van der Waals surface area contributed by atoms with E-state index < -0.39 is 23.8 Å². The van der Waals surface area contributed by atoms with Crippen LogP contribution in [0.4, 0.5) is 19.0 Å². The van der Waals surface area contributed by atoms with E-state index in [1.807, 2.05) is 0 Å². The van der Waals surface area contributed by atoms with Gasteiger partial charge < -0.3 is 14.4 Å². The van der Waals surface area contributed by atoms with Crippen LogP contribution in [0.25, 0.3) is 0 Å². The Morgan fingerprint density at radius 2 is 2.25 bits per heavy atom. The molecule has 0 radical (unpaired) electrons. The Balaban J connectivity index is 2.22. The normalized spacial score (nSPS) is 19.8. The number of esters is 1. The average molecular weight is 290 g/mol. The Morgan fingerprint density at radius 1 is 1.50 bits per heavy atom. The largest absolute Gasteiger partial charge is 0.467 e. The molecule has 0 aliphatic carbocycles. The highest BCUT2D eigenvalue weighted by atomic mass is 19.4. The zero-order chi connectivity index (χ0) is 14.8. The van der Waals surface area contributed by atoms with Gasteiger partial charge in [0.1, 0.15) is 5.82 Å². The number of carbonyl (C=O) groups excluding carboxylic acids is 1. The molecular weight excluding hydrogens is 277 g/mol. The number of pyridine rings is 1. The molecule has 1 saturated heterocycles. The third-order valence-electron chi connectivity index (χ3n) is 2.97. The molecule has 1 atom stereocenters. The number of alkyl halides is 3. The summed E-state index contributed by atoms with van der Waals surface area (Å²) < 4.78 is 47.3. The van der Waals surface area contributed by atoms with Crippen LogP contribution in [0, 0.1) is 0 Å². The van der Waals surface area contributed by atoms with Gasteiger partial charge in [-0.15, -0.1) is 0 Å². The molecule has 1 aliphatic heterocycles. The molecule has 1 aromatic rings. The number of methoxy groups -OCH3 is 1. The van der Waals surface area contributed by atoms with Gasteiger partial charge in [0.15, 0.2) is 6.04 Å². The van der Waals surface area contributed by atoms with Crippen molar-refractivity contribution in [3.8, 4) is 0 Å². The maximum absolute atomic E-state index is 12.5. The lowest BCUT2D eigenvalue weighted by Gasteiger charge is -2.34. The van der Waals surface area contributed by atoms with E-state index in [0.29, 0.717) is 13.2 Å². The van der Waals surface area contributed by atoms with Crippen molar-refractivity contribution < 1.29 is 27.4 Å². The number of hydrogen-bond acceptors (Lipinski definition) is 5. The maximum atomic E-state index is 12.5. The van der Waals surface area contributed by atoms with E-state index in [4.69, 9.17) is 4.74 Å². The van der Waals surface area contributed by atoms with Crippen LogP contribution >= 0.6 is 0 Å². The lowest BCUT2D eigenvalue weighted by molar-refractivity contribution is -0.144. The number of rotatable bonds is 2. The quantitative estimate of drug-likeness (QED) is 0.772. The summed E-state index contributed by atoms with van der Waals surface area (Å²) in [6.45, 7) is 0.851. The van der Waals surface area contributed by atoms with Gasteiger partial charge in [-0.2, -0.15) is 13.2 Å². The predicted molar refractivity (Wildman–Crippen MR) is 63.2 cm³/mol. The first-order valence-corrected chi connectivity index (χ1v) is 5.89. The zero-order valence-electron chi connectivity index (χ0n) is 10.7. The van der Waals surface area contributed by atoms with E-state index in [1.165, 1.54) is 13.2 Å². The first kappa shape index (κ1) is 14.6. The van der Waals surface area contributed by atoms with Gasteiger partial charge >= 0.3 is 12.1 Å². The van der Waals surface area contributed by atoms with Crippen LogP contribution in [0.3, 0.4) is 0 Å². The van der Waals surface area contributed by atoms with Crippen molar-refractivity contribution in [1.29, 1.82) is 0 Å². The summed E-state index contributed by atoms with van der Waals surface area (Å²) in [5.41, 5.74) is -0.830. The first-order chi connectivity index (χ1) is 9.43. The summed E-state index contributed by atoms with van der Waals surface area (Å²) in [6, 6.07) is 1.48. The van der Waals surface area contributed by atoms with Crippen molar-refractivity contribution in [2.75, 3.05) is 31.8 Å². The molecule has 0 spiro atoms. The molecule has 0 aromatic carbocycles. The summed E-state index contributed by atoms with van der Waals surface area (Å²) in [7, 11) is 1.25. The van der Waals surface area contributed by atoms with Crippen LogP contribution in [0.2, 0.25) is 0 Å². The fraction of sp³-hybridized carbons (Fsp3) is 0.500. The summed E-state index contributed by atoms with van der Waals surface area (Å²) in [5.74, 6) is -0.219. The van der Waals surface area contributed by atoms with E-state index in [1.54, 1.807) is 4.90 Å². The van der Waals surface area contributed by atoms with Gasteiger partial charge in [-0.05, 0) is 12.1 Å². The van der Waals surface area contributed by atoms with Crippen molar-refractivity contribution in [1.82, 2.24) is 4.98 Å². The lowest BCUT2D eigenvalue weighted by Crippen LogP contribution is -2.51. The second-order valence-corrected chi connectivity index (χ2v) is 4.21. The minimum absolute atomic E-state index is 0.120. The van der Waals surface area contributed by atoms with Gasteiger partial charge in [0.05, 0.1) is 25.9 Å². The van der Waals surface area contributed by atoms with Crippen LogP contribution in [-0.2, 0) is 20.4 Å². The van der Waals surface area contributed by atoms with Crippen LogP contribution in [0.15, 0.2) is 18.3 Å². The van der Waals surface area contributed by atoms with Crippen molar-refractivity contribution in [2.45, 2.75) is 12.2 Å². The molecule has 5 nitrogen and oxygen atoms in total. The highest BCUT2D eigenvalue weighted by Gasteiger charge is 2.33. The molecule has 20 heavy (non-hydrogen) atoms. The standard InChI is InChI=1S/C12H13F3N2O3/c1-19-11(18)9-7-20-5-4-17(9)10-3-2-8(6-16-10)12(13,14)15/h2-3,6,9H,4-5,7H2,1H3. The van der Waals surface area contributed by atoms with E-state index in [9.17, 15) is 18.0 Å². The van der Waals surface area contributed by atoms with Gasteiger partial charge in [0.2, 0.25) is 0 Å². The lowest BCUT2D eigenvalue weighted by atomic mass is 10.2. The third-order valence-corrected chi connectivity index (χ3v) is 2.97. The average Bonchev–Trinajstić information content (AvgIpc) is 2.45. The molecule has 8 heteroatoms. The van der Waals surface area contributed by atoms with Crippen LogP contribution in [0.1, 0.15) is 5.56 Å². The molecule has 1 aliphatic rings. The number of morpholine rings is 1. The van der Waals surface area contributed by atoms with Crippen molar-refractivity contribution >= 4 is 11.8 Å². The molecule has 0 N–H and O–H groups in total. The highest BCUT2D eigenvalue weighted by molar-refractivity contribution is 5.80. The summed E-state index contributed by atoms with van der Waals surface area (Å²) in [6.07, 6.45) is -3.68. The highest BCUT2D eigenvalue weighted by Crippen LogP contribution is 2.29. The number of nitrogens with zero attached hydrogens (tertiary/aromatic N) is 2. The van der Waals surface area contributed by atoms with Gasteiger partial charge in [0, 0.05) is 12.7 Å². The minimum atomic E-state index is -4.43. The Labute approximate surface area is 113 Å². The molecule has 0 amide bonds. The molecule has 1 unspecified atom stereocenters. The van der Waals surface area contributed by atoms with Gasteiger partial charge in [-0.3, -0.25) is 0 Å². The monoisotopic (exact) mass is 290 g/mol. The summed E-state index contributed by atoms with van der Waals surface area (Å²) in [4.78, 5) is 17.0.